The van der Waals surface area contributed by atoms with Gasteiger partial charge in [-0.2, -0.15) is 0 Å². The summed E-state index contributed by atoms with van der Waals surface area (Å²) in [6, 6.07) is 16.2. The second-order valence-corrected chi connectivity index (χ2v) is 14.9. The maximum atomic E-state index is 13.6. The van der Waals surface area contributed by atoms with Gasteiger partial charge in [-0.25, -0.2) is 0 Å². The Morgan fingerprint density at radius 3 is 2.47 bits per heavy atom. The number of fused-ring (bicyclic) bond motifs is 1. The molecule has 1 aromatic heterocycles. The summed E-state index contributed by atoms with van der Waals surface area (Å²) < 4.78 is 0.697. The fraction of sp³-hybridized carbons (Fsp3) is 0.378. The van der Waals surface area contributed by atoms with Gasteiger partial charge in [0.15, 0.2) is 5.96 Å². The molecule has 1 amide bonds. The summed E-state index contributed by atoms with van der Waals surface area (Å²) in [6.45, 7) is 6.60. The number of hydrogen-bond acceptors (Lipinski definition) is 10. The number of phenolic OH excluding ortho intramolecular Hbond substituents is 1. The van der Waals surface area contributed by atoms with Crippen molar-refractivity contribution in [2.24, 2.45) is 10.9 Å². The first-order valence-corrected chi connectivity index (χ1v) is 17.5. The molecule has 14 heteroatoms. The summed E-state index contributed by atoms with van der Waals surface area (Å²) in [7, 11) is 0. The van der Waals surface area contributed by atoms with Gasteiger partial charge in [-0.3, -0.25) is 14.6 Å². The second kappa shape index (κ2) is 15.7. The Morgan fingerprint density at radius 1 is 1.06 bits per heavy atom. The first kappa shape index (κ1) is 37.6. The van der Waals surface area contributed by atoms with E-state index < -0.39 is 42.1 Å². The van der Waals surface area contributed by atoms with Gasteiger partial charge in [-0.1, -0.05) is 61.0 Å². The lowest BCUT2D eigenvalue weighted by atomic mass is 9.82. The van der Waals surface area contributed by atoms with Crippen LogP contribution in [0.4, 0.5) is 11.4 Å². The molecule has 0 spiro atoms. The number of aliphatic imine (C=N–C) groups is 1. The number of carbonyl (C=O) groups excluding carboxylic acids is 1. The number of aromatic nitrogens is 1. The number of carboxylic acid groups (broad SMARTS) is 1. The molecule has 0 fully saturated rings. The number of anilines is 2. The monoisotopic (exact) mass is 764 g/mol. The average Bonchev–Trinajstić information content (AvgIpc) is 3.41. The summed E-state index contributed by atoms with van der Waals surface area (Å²) >= 11 is 3.55. The number of nitrogen functional groups attached to an aromatic ring is 1. The number of amides is 1. The molecule has 13 nitrogen and oxygen atoms in total. The molecule has 272 valence electrons. The van der Waals surface area contributed by atoms with E-state index >= 15 is 0 Å². The maximum Gasteiger partial charge on any atom is 0.309 e. The number of H-pyrrole nitrogens is 1. The molecular formula is C37H45BrN6O7. The van der Waals surface area contributed by atoms with Crippen molar-refractivity contribution in [1.29, 1.82) is 0 Å². The van der Waals surface area contributed by atoms with Gasteiger partial charge in [0.2, 0.25) is 5.91 Å². The third-order valence-corrected chi connectivity index (χ3v) is 9.42. The molecule has 0 aliphatic carbocycles. The van der Waals surface area contributed by atoms with E-state index in [9.17, 15) is 35.1 Å². The Bertz CT molecular complexity index is 1920. The predicted molar refractivity (Wildman–Crippen MR) is 199 cm³/mol. The number of nitrogens with one attached hydrogen (secondary N) is 4. The number of carbonyl (C=O) groups is 2. The number of rotatable bonds is 12. The standard InChI is InChI=1S/C37H45BrN6O7/c1-37(2,3)21-10-20(11-22(38)14-21)33(27(35(50)51)16-30(48)34-32(39)26-6-4-5-7-28(26)43-34)44-31(49)9-8-29(47)19-12-23(15-24(45)13-19)42-36-40-17-25(46)18-41-36/h4-7,10-15,25,27,29-30,33,43,45-48H,8-9,16-18,39H2,1-3H3,(H,44,49)(H,50,51)(H2,40,41,42). The molecule has 0 radical (unpaired) electrons. The number of nitrogens with zero attached hydrogens (tertiary/aromatic N) is 1. The van der Waals surface area contributed by atoms with Crippen molar-refractivity contribution < 1.29 is 35.1 Å². The molecule has 5 rings (SSSR count). The molecule has 0 saturated heterocycles. The molecule has 3 aromatic carbocycles. The number of para-hydroxylation sites is 1. The van der Waals surface area contributed by atoms with E-state index in [-0.39, 0.29) is 37.0 Å². The summed E-state index contributed by atoms with van der Waals surface area (Å²) in [5, 5.41) is 62.6. The van der Waals surface area contributed by atoms with Gasteiger partial charge in [0.1, 0.15) is 5.75 Å². The van der Waals surface area contributed by atoms with Crippen LogP contribution in [-0.4, -0.2) is 67.5 Å². The largest absolute Gasteiger partial charge is 0.508 e. The fourth-order valence-electron chi connectivity index (χ4n) is 6.16. The minimum absolute atomic E-state index is 0.0372. The number of nitrogens with two attached hydrogens (primary N) is 1. The van der Waals surface area contributed by atoms with Crippen molar-refractivity contribution >= 4 is 56.0 Å². The molecule has 1 aliphatic rings. The first-order chi connectivity index (χ1) is 24.1. The number of halogens is 1. The number of β-amino-alcohol motifs (C(OH)–C–C–N with tert-alkyl or cyclic N) is 1. The number of aliphatic carboxylic acids is 1. The number of aliphatic hydroxyl groups is 3. The van der Waals surface area contributed by atoms with Crippen LogP contribution in [0.3, 0.4) is 0 Å². The molecule has 0 bridgehead atoms. The highest BCUT2D eigenvalue weighted by atomic mass is 79.9. The van der Waals surface area contributed by atoms with Crippen LogP contribution < -0.4 is 21.7 Å². The number of hydrogen-bond donors (Lipinski definition) is 10. The lowest BCUT2D eigenvalue weighted by Gasteiger charge is -2.29. The van der Waals surface area contributed by atoms with E-state index in [2.05, 4.69) is 41.9 Å². The van der Waals surface area contributed by atoms with Crippen molar-refractivity contribution in [3.8, 4) is 5.75 Å². The number of aromatic amines is 1. The normalized spacial score (nSPS) is 17.2. The van der Waals surface area contributed by atoms with E-state index in [1.165, 1.54) is 12.1 Å². The number of benzene rings is 3. The molecular weight excluding hydrogens is 720 g/mol. The van der Waals surface area contributed by atoms with Crippen LogP contribution >= 0.6 is 15.9 Å². The zero-order valence-electron chi connectivity index (χ0n) is 28.7. The minimum atomic E-state index is -1.29. The SMILES string of the molecule is CC(C)(C)c1cc(Br)cc(C(NC(=O)CCC(O)c2cc(O)cc(NC3=NCC(O)CN3)c2)C(CC(O)c2[nH]c3ccccc3c2N)C(=O)O)c1. The van der Waals surface area contributed by atoms with Gasteiger partial charge in [-0.15, -0.1) is 0 Å². The van der Waals surface area contributed by atoms with Crippen molar-refractivity contribution in [3.05, 3.63) is 87.5 Å². The van der Waals surface area contributed by atoms with Gasteiger partial charge in [0, 0.05) is 40.1 Å². The Hall–Kier alpha value is -4.63. The summed E-state index contributed by atoms with van der Waals surface area (Å²) in [5.41, 5.74) is 9.61. The maximum absolute atomic E-state index is 13.6. The molecule has 5 unspecified atom stereocenters. The number of phenols is 1. The van der Waals surface area contributed by atoms with E-state index in [0.717, 1.165) is 5.56 Å². The van der Waals surface area contributed by atoms with Gasteiger partial charge in [0.25, 0.3) is 0 Å². The Labute approximate surface area is 304 Å². The highest BCUT2D eigenvalue weighted by Crippen LogP contribution is 2.38. The third kappa shape index (κ3) is 9.38. The van der Waals surface area contributed by atoms with Crippen molar-refractivity contribution in [3.63, 3.8) is 0 Å². The van der Waals surface area contributed by atoms with Crippen LogP contribution in [-0.2, 0) is 15.0 Å². The zero-order chi connectivity index (χ0) is 37.0. The van der Waals surface area contributed by atoms with Crippen LogP contribution in [0.1, 0.15) is 80.7 Å². The van der Waals surface area contributed by atoms with Crippen LogP contribution in [0, 0.1) is 5.92 Å². The molecule has 0 saturated carbocycles. The number of aliphatic hydroxyl groups excluding tert-OH is 3. The molecule has 11 N–H and O–H groups in total. The van der Waals surface area contributed by atoms with Crippen LogP contribution in [0.5, 0.6) is 5.75 Å². The Balaban J connectivity index is 1.37. The quantitative estimate of drug-likeness (QED) is 0.0953. The molecule has 51 heavy (non-hydrogen) atoms. The average molecular weight is 766 g/mol. The molecule has 4 aromatic rings. The zero-order valence-corrected chi connectivity index (χ0v) is 30.2. The van der Waals surface area contributed by atoms with Crippen LogP contribution in [0.2, 0.25) is 0 Å². The highest BCUT2D eigenvalue weighted by molar-refractivity contribution is 9.10. The lowest BCUT2D eigenvalue weighted by molar-refractivity contribution is -0.144. The van der Waals surface area contributed by atoms with Crippen LogP contribution in [0.15, 0.2) is 70.1 Å². The minimum Gasteiger partial charge on any atom is -0.508 e. The van der Waals surface area contributed by atoms with Crippen LogP contribution in [0.25, 0.3) is 10.9 Å². The summed E-state index contributed by atoms with van der Waals surface area (Å²) in [4.78, 5) is 33.8. The van der Waals surface area contributed by atoms with E-state index in [1.54, 1.807) is 12.1 Å². The first-order valence-electron chi connectivity index (χ1n) is 16.7. The topological polar surface area (TPSA) is 226 Å². The third-order valence-electron chi connectivity index (χ3n) is 8.97. The highest BCUT2D eigenvalue weighted by Gasteiger charge is 2.35. The summed E-state index contributed by atoms with van der Waals surface area (Å²) in [5.74, 6) is -2.72. The van der Waals surface area contributed by atoms with E-state index in [4.69, 9.17) is 5.73 Å². The number of guanidine groups is 1. The van der Waals surface area contributed by atoms with Gasteiger partial charge < -0.3 is 52.2 Å². The van der Waals surface area contributed by atoms with E-state index in [0.29, 0.717) is 56.1 Å². The van der Waals surface area contributed by atoms with Crippen molar-refractivity contribution in [2.45, 2.75) is 69.8 Å². The van der Waals surface area contributed by atoms with Crippen molar-refractivity contribution in [2.75, 3.05) is 24.1 Å². The Morgan fingerprint density at radius 2 is 1.80 bits per heavy atom. The van der Waals surface area contributed by atoms with Gasteiger partial charge in [0.05, 0.1) is 48.2 Å². The summed E-state index contributed by atoms with van der Waals surface area (Å²) in [6.07, 6.45) is -3.51. The Kier molecular flexibility index (Phi) is 11.6. The fourth-order valence-corrected chi connectivity index (χ4v) is 6.67. The smallest absolute Gasteiger partial charge is 0.309 e. The molecule has 2 heterocycles. The second-order valence-electron chi connectivity index (χ2n) is 14.0. The van der Waals surface area contributed by atoms with Gasteiger partial charge in [-0.05, 0) is 65.3 Å². The molecule has 1 aliphatic heterocycles. The van der Waals surface area contributed by atoms with Gasteiger partial charge >= 0.3 is 5.97 Å². The van der Waals surface area contributed by atoms with Crippen molar-refractivity contribution in [1.82, 2.24) is 15.6 Å². The predicted octanol–water partition coefficient (Wildman–Crippen LogP) is 4.74. The number of carboxylic acids is 1. The van der Waals surface area contributed by atoms with E-state index in [1.807, 2.05) is 57.2 Å². The number of aromatic hydroxyl groups is 1. The lowest BCUT2D eigenvalue weighted by Crippen LogP contribution is -2.42. The molecule has 5 atom stereocenters.